The van der Waals surface area contributed by atoms with E-state index < -0.39 is 0 Å². The molecule has 2 aromatic rings. The summed E-state index contributed by atoms with van der Waals surface area (Å²) in [5, 5.41) is 8.22. The summed E-state index contributed by atoms with van der Waals surface area (Å²) in [6, 6.07) is 9.63. The number of rotatable bonds is 7. The Bertz CT molecular complexity index is 548. The molecule has 21 heavy (non-hydrogen) atoms. The number of nitrogens with zero attached hydrogens (tertiary/aromatic N) is 3. The Morgan fingerprint density at radius 1 is 1.19 bits per heavy atom. The summed E-state index contributed by atoms with van der Waals surface area (Å²) in [7, 11) is 0. The smallest absolute Gasteiger partial charge is 0.0884 e. The maximum Gasteiger partial charge on any atom is 0.0884 e. The molecule has 0 bridgehead atoms. The van der Waals surface area contributed by atoms with Gasteiger partial charge in [0.05, 0.1) is 29.2 Å². The number of para-hydroxylation sites is 1. The Morgan fingerprint density at radius 2 is 1.86 bits per heavy atom. The van der Waals surface area contributed by atoms with Crippen LogP contribution in [0.25, 0.3) is 5.69 Å². The lowest BCUT2D eigenvalue weighted by Gasteiger charge is -2.37. The molecular formula is C16H24N4O. The molecule has 0 radical (unpaired) electrons. The van der Waals surface area contributed by atoms with Gasteiger partial charge in [0.2, 0.25) is 0 Å². The molecule has 2 N–H and O–H groups in total. The first kappa shape index (κ1) is 15.7. The lowest BCUT2D eigenvalue weighted by molar-refractivity contribution is -0.0658. The molecule has 0 fully saturated rings. The van der Waals surface area contributed by atoms with Gasteiger partial charge in [0, 0.05) is 6.61 Å². The Labute approximate surface area is 126 Å². The minimum Gasteiger partial charge on any atom is -0.373 e. The Kier molecular flexibility index (Phi) is 5.09. The first-order valence-corrected chi connectivity index (χ1v) is 7.54. The van der Waals surface area contributed by atoms with Crippen molar-refractivity contribution in [3.63, 3.8) is 0 Å². The van der Waals surface area contributed by atoms with Crippen molar-refractivity contribution in [1.29, 1.82) is 0 Å². The third-order valence-corrected chi connectivity index (χ3v) is 4.09. The predicted octanol–water partition coefficient (Wildman–Crippen LogP) is 2.86. The SMILES string of the molecule is CCOC(CC)(CC)C(N)c1cnnn1-c1ccccc1. The molecule has 0 aliphatic carbocycles. The van der Waals surface area contributed by atoms with Gasteiger partial charge in [0.15, 0.2) is 0 Å². The Hall–Kier alpha value is -1.72. The molecule has 0 aliphatic rings. The van der Waals surface area contributed by atoms with Crippen molar-refractivity contribution in [3.8, 4) is 5.69 Å². The van der Waals surface area contributed by atoms with E-state index in [1.54, 1.807) is 10.9 Å². The normalized spacial score (nSPS) is 13.3. The molecule has 1 unspecified atom stereocenters. The molecule has 5 heteroatoms. The highest BCUT2D eigenvalue weighted by atomic mass is 16.5. The zero-order valence-electron chi connectivity index (χ0n) is 13.0. The number of aromatic nitrogens is 3. The van der Waals surface area contributed by atoms with E-state index >= 15 is 0 Å². The van der Waals surface area contributed by atoms with E-state index in [-0.39, 0.29) is 11.6 Å². The molecular weight excluding hydrogens is 264 g/mol. The highest BCUT2D eigenvalue weighted by Crippen LogP contribution is 2.34. The van der Waals surface area contributed by atoms with Gasteiger partial charge >= 0.3 is 0 Å². The maximum atomic E-state index is 6.54. The van der Waals surface area contributed by atoms with Crippen LogP contribution in [0.15, 0.2) is 36.5 Å². The second-order valence-corrected chi connectivity index (χ2v) is 5.09. The van der Waals surface area contributed by atoms with E-state index in [0.717, 1.165) is 24.2 Å². The second kappa shape index (κ2) is 6.83. The number of benzene rings is 1. The van der Waals surface area contributed by atoms with Gasteiger partial charge in [-0.3, -0.25) is 0 Å². The number of hydrogen-bond donors (Lipinski definition) is 1. The van der Waals surface area contributed by atoms with Crippen LogP contribution in [0.4, 0.5) is 0 Å². The standard InChI is InChI=1S/C16H24N4O/c1-4-16(5-2,21-6-3)15(17)14-12-18-19-20(14)13-10-8-7-9-11-13/h7-12,15H,4-6,17H2,1-3H3. The topological polar surface area (TPSA) is 66.0 Å². The lowest BCUT2D eigenvalue weighted by Crippen LogP contribution is -2.43. The molecule has 0 aliphatic heterocycles. The van der Waals surface area contributed by atoms with Crippen LogP contribution in [0, 0.1) is 0 Å². The third kappa shape index (κ3) is 2.99. The van der Waals surface area contributed by atoms with E-state index in [1.807, 2.05) is 37.3 Å². The van der Waals surface area contributed by atoms with Crippen LogP contribution in [0.1, 0.15) is 45.3 Å². The van der Waals surface area contributed by atoms with E-state index in [0.29, 0.717) is 6.61 Å². The predicted molar refractivity (Wildman–Crippen MR) is 83.2 cm³/mol. The first-order chi connectivity index (χ1) is 10.2. The summed E-state index contributed by atoms with van der Waals surface area (Å²) in [6.07, 6.45) is 3.42. The highest BCUT2D eigenvalue weighted by molar-refractivity contribution is 5.32. The molecule has 0 amide bonds. The fourth-order valence-corrected chi connectivity index (χ4v) is 2.77. The van der Waals surface area contributed by atoms with Crippen molar-refractivity contribution in [1.82, 2.24) is 15.0 Å². The van der Waals surface area contributed by atoms with Crippen LogP contribution in [-0.2, 0) is 4.74 Å². The lowest BCUT2D eigenvalue weighted by atomic mass is 9.86. The third-order valence-electron chi connectivity index (χ3n) is 4.09. The summed E-state index contributed by atoms with van der Waals surface area (Å²) in [5.74, 6) is 0. The highest BCUT2D eigenvalue weighted by Gasteiger charge is 2.37. The van der Waals surface area contributed by atoms with Gasteiger partial charge in [-0.05, 0) is 31.9 Å². The molecule has 0 saturated heterocycles. The second-order valence-electron chi connectivity index (χ2n) is 5.09. The van der Waals surface area contributed by atoms with Crippen LogP contribution >= 0.6 is 0 Å². The number of hydrogen-bond acceptors (Lipinski definition) is 4. The summed E-state index contributed by atoms with van der Waals surface area (Å²) in [6.45, 7) is 6.85. The first-order valence-electron chi connectivity index (χ1n) is 7.54. The molecule has 0 saturated carbocycles. The molecule has 2 rings (SSSR count). The minimum absolute atomic E-state index is 0.275. The van der Waals surface area contributed by atoms with Gasteiger partial charge in [-0.25, -0.2) is 4.68 Å². The van der Waals surface area contributed by atoms with Crippen molar-refractivity contribution in [2.75, 3.05) is 6.61 Å². The van der Waals surface area contributed by atoms with Gasteiger partial charge < -0.3 is 10.5 Å². The Balaban J connectivity index is 2.40. The molecule has 114 valence electrons. The van der Waals surface area contributed by atoms with Crippen molar-refractivity contribution >= 4 is 0 Å². The largest absolute Gasteiger partial charge is 0.373 e. The average Bonchev–Trinajstić information content (AvgIpc) is 3.02. The van der Waals surface area contributed by atoms with Gasteiger partial charge in [0.1, 0.15) is 0 Å². The van der Waals surface area contributed by atoms with Crippen LogP contribution in [0.2, 0.25) is 0 Å². The van der Waals surface area contributed by atoms with Crippen molar-refractivity contribution in [2.24, 2.45) is 5.73 Å². The zero-order valence-corrected chi connectivity index (χ0v) is 13.0. The number of nitrogens with two attached hydrogens (primary N) is 1. The molecule has 1 atom stereocenters. The monoisotopic (exact) mass is 288 g/mol. The molecule has 0 spiro atoms. The van der Waals surface area contributed by atoms with Crippen LogP contribution < -0.4 is 5.73 Å². The van der Waals surface area contributed by atoms with Gasteiger partial charge in [-0.15, -0.1) is 5.10 Å². The molecule has 1 heterocycles. The van der Waals surface area contributed by atoms with E-state index in [4.69, 9.17) is 10.5 Å². The molecule has 1 aromatic heterocycles. The van der Waals surface area contributed by atoms with Crippen LogP contribution in [-0.4, -0.2) is 27.2 Å². The van der Waals surface area contributed by atoms with Gasteiger partial charge in [0.25, 0.3) is 0 Å². The number of ether oxygens (including phenoxy) is 1. The molecule has 5 nitrogen and oxygen atoms in total. The quantitative estimate of drug-likeness (QED) is 0.850. The average molecular weight is 288 g/mol. The van der Waals surface area contributed by atoms with Crippen LogP contribution in [0.3, 0.4) is 0 Å². The van der Waals surface area contributed by atoms with E-state index in [9.17, 15) is 0 Å². The zero-order chi connectivity index (χ0) is 15.3. The fourth-order valence-electron chi connectivity index (χ4n) is 2.77. The van der Waals surface area contributed by atoms with Gasteiger partial charge in [-0.2, -0.15) is 0 Å². The van der Waals surface area contributed by atoms with Crippen molar-refractivity contribution in [3.05, 3.63) is 42.2 Å². The minimum atomic E-state index is -0.386. The Morgan fingerprint density at radius 3 is 2.43 bits per heavy atom. The van der Waals surface area contributed by atoms with Gasteiger partial charge in [-0.1, -0.05) is 37.3 Å². The van der Waals surface area contributed by atoms with Crippen molar-refractivity contribution in [2.45, 2.75) is 45.3 Å². The summed E-state index contributed by atoms with van der Waals surface area (Å²) >= 11 is 0. The summed E-state index contributed by atoms with van der Waals surface area (Å²) in [5.41, 5.74) is 7.98. The maximum absolute atomic E-state index is 6.54. The summed E-state index contributed by atoms with van der Waals surface area (Å²) < 4.78 is 7.81. The van der Waals surface area contributed by atoms with Crippen LogP contribution in [0.5, 0.6) is 0 Å². The van der Waals surface area contributed by atoms with Crippen molar-refractivity contribution < 1.29 is 4.74 Å². The summed E-state index contributed by atoms with van der Waals surface area (Å²) in [4.78, 5) is 0. The van der Waals surface area contributed by atoms with E-state index in [2.05, 4.69) is 24.2 Å². The fraction of sp³-hybridized carbons (Fsp3) is 0.500. The van der Waals surface area contributed by atoms with E-state index in [1.165, 1.54) is 0 Å². The molecule has 1 aromatic carbocycles.